The third-order valence-electron chi connectivity index (χ3n) is 6.59. The zero-order valence-electron chi connectivity index (χ0n) is 20.6. The lowest BCUT2D eigenvalue weighted by Crippen LogP contribution is -2.48. The minimum absolute atomic E-state index is 0.0778. The Bertz CT molecular complexity index is 821. The van der Waals surface area contributed by atoms with E-state index in [-0.39, 0.29) is 31.2 Å². The third kappa shape index (κ3) is 8.83. The zero-order chi connectivity index (χ0) is 25.0. The van der Waals surface area contributed by atoms with Crippen LogP contribution < -0.4 is 16.4 Å². The average molecular weight is 511 g/mol. The van der Waals surface area contributed by atoms with Crippen molar-refractivity contribution in [2.45, 2.75) is 50.7 Å². The molecule has 3 rings (SSSR count). The van der Waals surface area contributed by atoms with Crippen LogP contribution in [0.25, 0.3) is 0 Å². The molecule has 2 aliphatic rings. The lowest BCUT2D eigenvalue weighted by molar-refractivity contribution is 0.0491. The fourth-order valence-electron chi connectivity index (χ4n) is 4.84. The standard InChI is InChI=1S/C25H39ClN4O5/c1-28-25(32)35-12-11-34-17-20-6-2-8-22(26)23(20)19-7-3-9-30(15-19)24(31)29-14-21(27)13-18-5-4-10-33-16-18/h2,6,8,18-19,21H,3-5,7,9-17,27H2,1H3,(H,28,32)(H,29,31)/t18-,19-,21-/m0/s1. The van der Waals surface area contributed by atoms with E-state index < -0.39 is 6.09 Å². The highest BCUT2D eigenvalue weighted by atomic mass is 35.5. The molecule has 3 atom stereocenters. The van der Waals surface area contributed by atoms with Crippen LogP contribution in [0.3, 0.4) is 0 Å². The van der Waals surface area contributed by atoms with Gasteiger partial charge < -0.3 is 35.5 Å². The van der Waals surface area contributed by atoms with E-state index in [1.807, 2.05) is 23.1 Å². The number of carbonyl (C=O) groups is 2. The number of benzene rings is 1. The largest absolute Gasteiger partial charge is 0.447 e. The predicted molar refractivity (Wildman–Crippen MR) is 135 cm³/mol. The van der Waals surface area contributed by atoms with Crippen LogP contribution in [0.2, 0.25) is 5.02 Å². The molecule has 2 fully saturated rings. The number of nitrogens with two attached hydrogens (primary N) is 1. The van der Waals surface area contributed by atoms with Crippen molar-refractivity contribution in [2.75, 3.05) is 53.1 Å². The molecule has 2 aliphatic heterocycles. The molecule has 0 saturated carbocycles. The molecular formula is C25H39ClN4O5. The Labute approximate surface area is 213 Å². The van der Waals surface area contributed by atoms with Gasteiger partial charge in [-0.2, -0.15) is 0 Å². The molecule has 0 bridgehead atoms. The van der Waals surface area contributed by atoms with Crippen LogP contribution >= 0.6 is 11.6 Å². The summed E-state index contributed by atoms with van der Waals surface area (Å²) in [6.45, 7) is 4.17. The fraction of sp³-hybridized carbons (Fsp3) is 0.680. The number of carbonyl (C=O) groups excluding carboxylic acids is 2. The Morgan fingerprint density at radius 1 is 1.29 bits per heavy atom. The van der Waals surface area contributed by atoms with Gasteiger partial charge in [0.1, 0.15) is 6.61 Å². The van der Waals surface area contributed by atoms with Gasteiger partial charge in [0, 0.05) is 56.9 Å². The lowest BCUT2D eigenvalue weighted by Gasteiger charge is -2.34. The maximum atomic E-state index is 12.9. The topological polar surface area (TPSA) is 115 Å². The summed E-state index contributed by atoms with van der Waals surface area (Å²) < 4.78 is 16.2. The number of nitrogens with zero attached hydrogens (tertiary/aromatic N) is 1. The minimum Gasteiger partial charge on any atom is -0.447 e. The van der Waals surface area contributed by atoms with E-state index in [0.717, 1.165) is 56.4 Å². The number of alkyl carbamates (subject to hydrolysis) is 1. The number of urea groups is 1. The highest BCUT2D eigenvalue weighted by molar-refractivity contribution is 6.31. The summed E-state index contributed by atoms with van der Waals surface area (Å²) in [6, 6.07) is 5.61. The van der Waals surface area contributed by atoms with Gasteiger partial charge in [0.15, 0.2) is 0 Å². The summed E-state index contributed by atoms with van der Waals surface area (Å²) in [6.07, 6.45) is 4.44. The van der Waals surface area contributed by atoms with Crippen molar-refractivity contribution in [3.8, 4) is 0 Å². The van der Waals surface area contributed by atoms with Crippen LogP contribution in [-0.2, 0) is 20.8 Å². The number of rotatable bonds is 10. The number of piperidine rings is 1. The van der Waals surface area contributed by atoms with Crippen molar-refractivity contribution in [2.24, 2.45) is 11.7 Å². The van der Waals surface area contributed by atoms with Crippen LogP contribution in [0.1, 0.15) is 49.1 Å². The van der Waals surface area contributed by atoms with Crippen LogP contribution in [0.5, 0.6) is 0 Å². The fourth-order valence-corrected chi connectivity index (χ4v) is 5.19. The van der Waals surface area contributed by atoms with Gasteiger partial charge in [0.2, 0.25) is 0 Å². The normalized spacial score (nSPS) is 21.3. The van der Waals surface area contributed by atoms with Crippen LogP contribution in [0.15, 0.2) is 18.2 Å². The highest BCUT2D eigenvalue weighted by Crippen LogP contribution is 2.34. The van der Waals surface area contributed by atoms with E-state index >= 15 is 0 Å². The first-order valence-corrected chi connectivity index (χ1v) is 12.9. The molecule has 0 aliphatic carbocycles. The van der Waals surface area contributed by atoms with Gasteiger partial charge in [-0.15, -0.1) is 0 Å². The Morgan fingerprint density at radius 2 is 2.14 bits per heavy atom. The molecule has 0 spiro atoms. The molecule has 35 heavy (non-hydrogen) atoms. The van der Waals surface area contributed by atoms with E-state index in [4.69, 9.17) is 31.5 Å². The second-order valence-corrected chi connectivity index (χ2v) is 9.71. The summed E-state index contributed by atoms with van der Waals surface area (Å²) >= 11 is 6.61. The Balaban J connectivity index is 1.50. The molecule has 1 aromatic carbocycles. The van der Waals surface area contributed by atoms with Gasteiger partial charge in [0.05, 0.1) is 13.2 Å². The predicted octanol–water partition coefficient (Wildman–Crippen LogP) is 3.25. The number of ether oxygens (including phenoxy) is 3. The van der Waals surface area contributed by atoms with E-state index in [0.29, 0.717) is 37.2 Å². The van der Waals surface area contributed by atoms with Crippen LogP contribution in [-0.4, -0.2) is 76.2 Å². The number of hydrogen-bond donors (Lipinski definition) is 3. The summed E-state index contributed by atoms with van der Waals surface area (Å²) in [7, 11) is 1.51. The molecule has 0 aromatic heterocycles. The van der Waals surface area contributed by atoms with Gasteiger partial charge in [-0.3, -0.25) is 0 Å². The number of nitrogens with one attached hydrogen (secondary N) is 2. The van der Waals surface area contributed by atoms with Gasteiger partial charge >= 0.3 is 12.1 Å². The molecule has 196 valence electrons. The lowest BCUT2D eigenvalue weighted by atomic mass is 9.87. The van der Waals surface area contributed by atoms with Crippen molar-refractivity contribution in [1.29, 1.82) is 0 Å². The Kier molecular flexibility index (Phi) is 11.4. The Morgan fingerprint density at radius 3 is 2.91 bits per heavy atom. The van der Waals surface area contributed by atoms with E-state index in [1.54, 1.807) is 0 Å². The molecule has 3 amide bonds. The molecule has 2 saturated heterocycles. The molecule has 1 aromatic rings. The summed E-state index contributed by atoms with van der Waals surface area (Å²) in [4.78, 5) is 25.9. The molecule has 0 unspecified atom stereocenters. The molecule has 0 radical (unpaired) electrons. The van der Waals surface area contributed by atoms with E-state index in [2.05, 4.69) is 10.6 Å². The van der Waals surface area contributed by atoms with Gasteiger partial charge in [0.25, 0.3) is 0 Å². The second-order valence-electron chi connectivity index (χ2n) is 9.30. The van der Waals surface area contributed by atoms with E-state index in [9.17, 15) is 9.59 Å². The van der Waals surface area contributed by atoms with Crippen molar-refractivity contribution in [3.05, 3.63) is 34.3 Å². The zero-order valence-corrected chi connectivity index (χ0v) is 21.4. The first-order valence-electron chi connectivity index (χ1n) is 12.5. The Hall–Kier alpha value is -2.07. The van der Waals surface area contributed by atoms with Gasteiger partial charge in [-0.25, -0.2) is 9.59 Å². The third-order valence-corrected chi connectivity index (χ3v) is 6.92. The summed E-state index contributed by atoms with van der Waals surface area (Å²) in [5.41, 5.74) is 8.29. The van der Waals surface area contributed by atoms with E-state index in [1.165, 1.54) is 7.05 Å². The van der Waals surface area contributed by atoms with Crippen molar-refractivity contribution in [3.63, 3.8) is 0 Å². The van der Waals surface area contributed by atoms with Crippen LogP contribution in [0.4, 0.5) is 9.59 Å². The molecule has 9 nitrogen and oxygen atoms in total. The SMILES string of the molecule is CNC(=O)OCCOCc1cccc(Cl)c1[C@H]1CCCN(C(=O)NC[C@@H](N)C[C@@H]2CCCOC2)C1. The summed E-state index contributed by atoms with van der Waals surface area (Å²) in [5, 5.41) is 6.10. The number of halogens is 1. The molecule has 2 heterocycles. The second kappa shape index (κ2) is 14.5. The number of hydrogen-bond acceptors (Lipinski definition) is 6. The van der Waals surface area contributed by atoms with Crippen LogP contribution in [0, 0.1) is 5.92 Å². The average Bonchev–Trinajstić information content (AvgIpc) is 2.87. The smallest absolute Gasteiger partial charge is 0.406 e. The molecular weight excluding hydrogens is 472 g/mol. The van der Waals surface area contributed by atoms with Crippen molar-refractivity contribution < 1.29 is 23.8 Å². The molecule has 10 heteroatoms. The first kappa shape index (κ1) is 27.5. The monoisotopic (exact) mass is 510 g/mol. The number of likely N-dealkylation sites (tertiary alicyclic amines) is 1. The van der Waals surface area contributed by atoms with Crippen molar-refractivity contribution in [1.82, 2.24) is 15.5 Å². The van der Waals surface area contributed by atoms with Gasteiger partial charge in [-0.1, -0.05) is 23.7 Å². The summed E-state index contributed by atoms with van der Waals surface area (Å²) in [5.74, 6) is 0.600. The number of amides is 3. The van der Waals surface area contributed by atoms with Gasteiger partial charge in [-0.05, 0) is 55.2 Å². The maximum Gasteiger partial charge on any atom is 0.406 e. The highest BCUT2D eigenvalue weighted by Gasteiger charge is 2.28. The molecule has 4 N–H and O–H groups in total. The first-order chi connectivity index (χ1) is 17.0. The quantitative estimate of drug-likeness (QED) is 0.416. The maximum absolute atomic E-state index is 12.9. The van der Waals surface area contributed by atoms with Crippen molar-refractivity contribution >= 4 is 23.7 Å². The minimum atomic E-state index is -0.485.